The van der Waals surface area contributed by atoms with Crippen LogP contribution in [0.1, 0.15) is 184 Å². The summed E-state index contributed by atoms with van der Waals surface area (Å²) in [5, 5.41) is 35.7. The zero-order valence-electron chi connectivity index (χ0n) is 43.9. The van der Waals surface area contributed by atoms with Gasteiger partial charge in [0.1, 0.15) is 33.8 Å². The van der Waals surface area contributed by atoms with Crippen LogP contribution in [0.5, 0.6) is 0 Å². The lowest BCUT2D eigenvalue weighted by Gasteiger charge is -2.19. The molecule has 3 N–H and O–H groups in total. The van der Waals surface area contributed by atoms with Crippen LogP contribution in [0.25, 0.3) is 0 Å². The van der Waals surface area contributed by atoms with E-state index in [-0.39, 0.29) is 77.0 Å². The lowest BCUT2D eigenvalue weighted by molar-refractivity contribution is -0.749. The Bertz CT molecular complexity index is 1950. The third kappa shape index (κ3) is 54.7. The molecule has 0 saturated heterocycles. The Morgan fingerprint density at radius 2 is 1.12 bits per heavy atom. The van der Waals surface area contributed by atoms with Gasteiger partial charge in [0.05, 0.1) is 5.75 Å². The lowest BCUT2D eigenvalue weighted by Crippen LogP contribution is -2.43. The van der Waals surface area contributed by atoms with E-state index in [2.05, 4.69) is 135 Å². The molecule has 21 heteroatoms. The van der Waals surface area contributed by atoms with Crippen molar-refractivity contribution in [1.29, 1.82) is 0 Å². The van der Waals surface area contributed by atoms with Gasteiger partial charge in [0.15, 0.2) is 35.8 Å². The summed E-state index contributed by atoms with van der Waals surface area (Å²) in [6.07, 6.45) is 4.79. The number of carbonyl (C=O) groups excluding carboxylic acids is 3. The molecule has 0 aliphatic rings. The van der Waals surface area contributed by atoms with E-state index in [1.807, 2.05) is 41.5 Å². The predicted octanol–water partition coefficient (Wildman–Crippen LogP) is 8.20. The summed E-state index contributed by atoms with van der Waals surface area (Å²) in [4.78, 5) is 42.4. The van der Waals surface area contributed by atoms with Crippen molar-refractivity contribution in [2.24, 2.45) is 32.5 Å². The monoisotopic (exact) mass is 980 g/mol. The van der Waals surface area contributed by atoms with Crippen molar-refractivity contribution in [1.82, 2.24) is 56.4 Å². The second-order valence-corrected chi connectivity index (χ2v) is 28.4. The molecule has 19 nitrogen and oxygen atoms in total. The molecule has 3 aromatic rings. The minimum absolute atomic E-state index is 0. The first-order valence-electron chi connectivity index (χ1n) is 21.4. The Morgan fingerprint density at radius 3 is 1.39 bits per heavy atom. The zero-order chi connectivity index (χ0) is 51.3. The van der Waals surface area contributed by atoms with Crippen LogP contribution in [0.15, 0.2) is 0 Å². The smallest absolute Gasteiger partial charge is 0.301 e. The normalized spacial score (nSPS) is 12.7. The second kappa shape index (κ2) is 30.0. The van der Waals surface area contributed by atoms with Crippen LogP contribution >= 0.6 is 7.37 Å². The van der Waals surface area contributed by atoms with Crippen LogP contribution in [0, 0.1) is 32.5 Å². The summed E-state index contributed by atoms with van der Waals surface area (Å²) >= 11 is 0. The Balaban J connectivity index is -0.000000227. The van der Waals surface area contributed by atoms with Crippen LogP contribution in [-0.2, 0) is 61.1 Å². The molecule has 3 rings (SSSR count). The van der Waals surface area contributed by atoms with Gasteiger partial charge in [0, 0.05) is 44.8 Å². The number of hydrogen-bond donors (Lipinski definition) is 3. The van der Waals surface area contributed by atoms with Gasteiger partial charge in [-0.15, -0.1) is 20.4 Å². The van der Waals surface area contributed by atoms with Gasteiger partial charge in [-0.2, -0.15) is 14.7 Å². The molecule has 388 valence electrons. The Hall–Kier alpha value is -3.64. The molecule has 0 aliphatic heterocycles. The third-order valence-corrected chi connectivity index (χ3v) is 9.50. The van der Waals surface area contributed by atoms with Gasteiger partial charge < -0.3 is 9.69 Å². The first kappa shape index (κ1) is 71.4. The Kier molecular flexibility index (Phi) is 32.4. The highest BCUT2D eigenvalue weighted by molar-refractivity contribution is 7.90. The van der Waals surface area contributed by atoms with E-state index in [1.165, 1.54) is 24.6 Å². The predicted molar refractivity (Wildman–Crippen MR) is 267 cm³/mol. The standard InChI is InChI=1S/2C9H16N4O.C7H14O.C6H12N4.C6H15O2P.C6H14O2S.2CH4/c1-7(14)6-13-8(10-11-12-13)5-9(2,3)4;1-7(14)6-13-11-8(10-12-13)5-9(2,3)4;1-6(8)5-7(2,3)4;1-6(2,3)4-5-7-9-10-8-5;2*1-6(2,3)5-9(4,7)8;;/h2*5-6H2,1-4H3;5H2,1-4H3;4H2,1-3H3,(H,7,8,9,10);5H2,1-4H3,(H,7,8);5H2,1-4H3;2*1H4/p+1. The number of nitrogens with one attached hydrogen (secondary N) is 2. The van der Waals surface area contributed by atoms with Crippen LogP contribution in [-0.4, -0.2) is 112 Å². The molecule has 1 unspecified atom stereocenters. The second-order valence-electron chi connectivity index (χ2n) is 23.8. The molecular formula is C45H96N12O7PS+. The molecule has 3 heterocycles. The fourth-order valence-electron chi connectivity index (χ4n) is 5.43. The molecule has 1 atom stereocenters. The van der Waals surface area contributed by atoms with Crippen LogP contribution in [0.2, 0.25) is 0 Å². The van der Waals surface area contributed by atoms with E-state index in [1.54, 1.807) is 18.5 Å². The molecule has 3 aromatic heterocycles. The molecule has 0 amide bonds. The summed E-state index contributed by atoms with van der Waals surface area (Å²) in [5.41, 5.74) is 0.571. The maximum atomic E-state index is 10.9. The van der Waals surface area contributed by atoms with Crippen LogP contribution < -0.4 is 4.68 Å². The molecule has 0 saturated carbocycles. The van der Waals surface area contributed by atoms with E-state index in [9.17, 15) is 27.4 Å². The van der Waals surface area contributed by atoms with Gasteiger partial charge in [-0.1, -0.05) is 150 Å². The van der Waals surface area contributed by atoms with Crippen molar-refractivity contribution in [3.05, 3.63) is 17.5 Å². The number of nitrogens with zero attached hydrogens (tertiary/aromatic N) is 10. The number of carbonyl (C=O) groups is 3. The summed E-state index contributed by atoms with van der Waals surface area (Å²) in [7, 11) is -5.57. The van der Waals surface area contributed by atoms with Crippen molar-refractivity contribution in [3.8, 4) is 0 Å². The molecule has 0 radical (unpaired) electrons. The SMILES string of the molecule is C.C.CC(=O)CC(C)(C)C.CC(=O)C[n+]1[nH]nnc1CC(C)(C)C.CC(=O)Cn1nnc(CC(C)(C)C)n1.CC(C)(C)CP(C)(=O)O.CC(C)(C)CS(C)(=O)=O.CC(C)(C)Cc1nn[nH]n1. The van der Waals surface area contributed by atoms with Gasteiger partial charge in [-0.25, -0.2) is 8.42 Å². The molecule has 0 aromatic carbocycles. The van der Waals surface area contributed by atoms with Gasteiger partial charge in [0.2, 0.25) is 0 Å². The molecular weight excluding hydrogens is 884 g/mol. The highest BCUT2D eigenvalue weighted by Crippen LogP contribution is 2.41. The fourth-order valence-corrected chi connectivity index (χ4v) is 8.77. The number of aromatic amines is 2. The maximum absolute atomic E-state index is 10.9. The van der Waals surface area contributed by atoms with Crippen molar-refractivity contribution in [2.75, 3.05) is 24.8 Å². The number of hydrogen-bond acceptors (Lipinski definition) is 14. The molecule has 0 aliphatic carbocycles. The number of sulfone groups is 1. The number of Topliss-reactive ketones (excluding diaryl/α,β-unsaturated/α-hetero) is 3. The first-order valence-corrected chi connectivity index (χ1v) is 25.8. The highest BCUT2D eigenvalue weighted by atomic mass is 32.2. The number of aromatic nitrogens is 12. The first-order chi connectivity index (χ1) is 28.2. The summed E-state index contributed by atoms with van der Waals surface area (Å²) in [6, 6.07) is 0. The number of ketones is 3. The summed E-state index contributed by atoms with van der Waals surface area (Å²) in [5.74, 6) is 2.97. The van der Waals surface area contributed by atoms with E-state index >= 15 is 0 Å². The maximum Gasteiger partial charge on any atom is 0.301 e. The number of H-pyrrole nitrogens is 2. The van der Waals surface area contributed by atoms with Crippen LogP contribution in [0.3, 0.4) is 0 Å². The third-order valence-electron chi connectivity index (χ3n) is 6.58. The molecule has 0 bridgehead atoms. The minimum atomic E-state index is -2.79. The summed E-state index contributed by atoms with van der Waals surface area (Å²) in [6.45, 7) is 43.5. The largest absolute Gasteiger partial charge is 0.344 e. The van der Waals surface area contributed by atoms with Crippen molar-refractivity contribution < 1.29 is 36.9 Å². The minimum Gasteiger partial charge on any atom is -0.344 e. The van der Waals surface area contributed by atoms with Gasteiger partial charge in [-0.3, -0.25) is 14.2 Å². The van der Waals surface area contributed by atoms with Crippen molar-refractivity contribution in [3.63, 3.8) is 0 Å². The van der Waals surface area contributed by atoms with E-state index < -0.39 is 17.2 Å². The van der Waals surface area contributed by atoms with Gasteiger partial charge in [-0.05, 0) is 58.5 Å². The zero-order valence-corrected chi connectivity index (χ0v) is 45.6. The average Bonchev–Trinajstić information content (AvgIpc) is 3.70. The Labute approximate surface area is 400 Å². The number of tetrazole rings is 3. The van der Waals surface area contributed by atoms with E-state index in [0.29, 0.717) is 25.0 Å². The van der Waals surface area contributed by atoms with Gasteiger partial charge in [0.25, 0.3) is 0 Å². The molecule has 0 spiro atoms. The van der Waals surface area contributed by atoms with Gasteiger partial charge >= 0.3 is 5.82 Å². The molecule has 0 fully saturated rings. The lowest BCUT2D eigenvalue weighted by atomic mass is 9.91. The average molecular weight is 980 g/mol. The number of rotatable bonds is 10. The summed E-state index contributed by atoms with van der Waals surface area (Å²) < 4.78 is 33.8. The van der Waals surface area contributed by atoms with Crippen LogP contribution in [0.4, 0.5) is 0 Å². The Morgan fingerprint density at radius 1 is 0.652 bits per heavy atom. The van der Waals surface area contributed by atoms with Crippen molar-refractivity contribution >= 4 is 34.6 Å². The van der Waals surface area contributed by atoms with Crippen molar-refractivity contribution in [2.45, 2.75) is 199 Å². The molecule has 66 heavy (non-hydrogen) atoms. The quantitative estimate of drug-likeness (QED) is 0.128. The van der Waals surface area contributed by atoms with E-state index in [0.717, 1.165) is 30.9 Å². The highest BCUT2D eigenvalue weighted by Gasteiger charge is 2.23. The van der Waals surface area contributed by atoms with E-state index in [4.69, 9.17) is 4.89 Å². The topological polar surface area (TPSA) is 266 Å². The fraction of sp³-hybridized carbons (Fsp3) is 0.867.